The molecular formula is C22H29N3O2. The van der Waals surface area contributed by atoms with Crippen LogP contribution in [-0.2, 0) is 0 Å². The standard InChI is InChI=1S/C22H29N3O2/c1-3-27-21-11-9-20(10-12-21)24-22(26)23-15-18-13-14-25(16-18)17(2)19-7-5-4-6-8-19/h4-12,17-18H,3,13-16H2,1-2H3,(H2,23,24,26). The quantitative estimate of drug-likeness (QED) is 0.767. The molecule has 1 aliphatic rings. The lowest BCUT2D eigenvalue weighted by molar-refractivity contribution is 0.243. The fraction of sp³-hybridized carbons (Fsp3) is 0.409. The Hall–Kier alpha value is -2.53. The van der Waals surface area contributed by atoms with Crippen LogP contribution in [-0.4, -0.2) is 37.2 Å². The zero-order valence-electron chi connectivity index (χ0n) is 16.2. The number of amides is 2. The topological polar surface area (TPSA) is 53.6 Å². The van der Waals surface area contributed by atoms with E-state index in [2.05, 4.69) is 52.8 Å². The molecule has 0 bridgehead atoms. The normalized spacial score (nSPS) is 18.1. The van der Waals surface area contributed by atoms with E-state index in [0.29, 0.717) is 25.1 Å². The largest absolute Gasteiger partial charge is 0.494 e. The number of urea groups is 1. The molecule has 2 aromatic rings. The number of rotatable bonds is 7. The highest BCUT2D eigenvalue weighted by Gasteiger charge is 2.26. The lowest BCUT2D eigenvalue weighted by atomic mass is 10.1. The van der Waals surface area contributed by atoms with Crippen molar-refractivity contribution in [2.75, 3.05) is 31.6 Å². The van der Waals surface area contributed by atoms with Crippen LogP contribution in [0.2, 0.25) is 0 Å². The second-order valence-electron chi connectivity index (χ2n) is 7.03. The molecule has 0 aliphatic carbocycles. The van der Waals surface area contributed by atoms with Gasteiger partial charge in [0.25, 0.3) is 0 Å². The molecule has 5 nitrogen and oxygen atoms in total. The molecule has 1 aliphatic heterocycles. The zero-order chi connectivity index (χ0) is 19.1. The molecule has 5 heteroatoms. The van der Waals surface area contributed by atoms with Gasteiger partial charge in [-0.25, -0.2) is 4.79 Å². The van der Waals surface area contributed by atoms with Gasteiger partial charge in [0.05, 0.1) is 6.61 Å². The van der Waals surface area contributed by atoms with Gasteiger partial charge in [-0.15, -0.1) is 0 Å². The maximum Gasteiger partial charge on any atom is 0.319 e. The number of benzene rings is 2. The Morgan fingerprint density at radius 3 is 2.63 bits per heavy atom. The van der Waals surface area contributed by atoms with Crippen LogP contribution in [0.1, 0.15) is 31.9 Å². The van der Waals surface area contributed by atoms with Crippen molar-refractivity contribution in [2.24, 2.45) is 5.92 Å². The Kier molecular flexibility index (Phi) is 6.71. The molecule has 27 heavy (non-hydrogen) atoms. The Balaban J connectivity index is 1.42. The van der Waals surface area contributed by atoms with Crippen molar-refractivity contribution in [3.05, 3.63) is 60.2 Å². The van der Waals surface area contributed by atoms with Gasteiger partial charge in [-0.1, -0.05) is 30.3 Å². The molecule has 1 saturated heterocycles. The summed E-state index contributed by atoms with van der Waals surface area (Å²) in [5, 5.41) is 5.88. The van der Waals surface area contributed by atoms with E-state index in [0.717, 1.165) is 30.9 Å². The molecule has 0 radical (unpaired) electrons. The molecule has 1 heterocycles. The molecule has 144 valence electrons. The summed E-state index contributed by atoms with van der Waals surface area (Å²) in [6, 6.07) is 18.3. The predicted octanol–water partition coefficient (Wildman–Crippen LogP) is 4.29. The van der Waals surface area contributed by atoms with E-state index in [1.54, 1.807) is 0 Å². The molecule has 2 N–H and O–H groups in total. The summed E-state index contributed by atoms with van der Waals surface area (Å²) >= 11 is 0. The highest BCUT2D eigenvalue weighted by Crippen LogP contribution is 2.26. The Morgan fingerprint density at radius 2 is 1.93 bits per heavy atom. The SMILES string of the molecule is CCOc1ccc(NC(=O)NCC2CCN(C(C)c3ccccc3)C2)cc1. The maximum absolute atomic E-state index is 12.1. The molecule has 2 unspecified atom stereocenters. The number of hydrogen-bond donors (Lipinski definition) is 2. The van der Waals surface area contributed by atoms with Crippen molar-refractivity contribution in [2.45, 2.75) is 26.3 Å². The summed E-state index contributed by atoms with van der Waals surface area (Å²) in [6.07, 6.45) is 1.11. The van der Waals surface area contributed by atoms with Crippen LogP contribution < -0.4 is 15.4 Å². The van der Waals surface area contributed by atoms with Crippen molar-refractivity contribution < 1.29 is 9.53 Å². The lowest BCUT2D eigenvalue weighted by Crippen LogP contribution is -2.34. The first-order chi connectivity index (χ1) is 13.2. The number of nitrogens with one attached hydrogen (secondary N) is 2. The van der Waals surface area contributed by atoms with Gasteiger partial charge >= 0.3 is 6.03 Å². The first-order valence-corrected chi connectivity index (χ1v) is 9.72. The van der Waals surface area contributed by atoms with E-state index in [-0.39, 0.29) is 6.03 Å². The van der Waals surface area contributed by atoms with Gasteiger partial charge in [0.2, 0.25) is 0 Å². The third kappa shape index (κ3) is 5.47. The first-order valence-electron chi connectivity index (χ1n) is 9.72. The van der Waals surface area contributed by atoms with Crippen molar-refractivity contribution in [1.29, 1.82) is 0 Å². The second-order valence-corrected chi connectivity index (χ2v) is 7.03. The fourth-order valence-electron chi connectivity index (χ4n) is 3.54. The first kappa shape index (κ1) is 19.2. The molecule has 3 rings (SSSR count). The van der Waals surface area contributed by atoms with Crippen LogP contribution in [0.25, 0.3) is 0 Å². The number of hydrogen-bond acceptors (Lipinski definition) is 3. The van der Waals surface area contributed by atoms with E-state index in [9.17, 15) is 4.79 Å². The zero-order valence-corrected chi connectivity index (χ0v) is 16.2. The monoisotopic (exact) mass is 367 g/mol. The van der Waals surface area contributed by atoms with E-state index in [1.807, 2.05) is 31.2 Å². The third-order valence-corrected chi connectivity index (χ3v) is 5.12. The van der Waals surface area contributed by atoms with Crippen molar-refractivity contribution in [3.63, 3.8) is 0 Å². The molecule has 0 aromatic heterocycles. The minimum atomic E-state index is -0.159. The van der Waals surface area contributed by atoms with Gasteiger partial charge in [0, 0.05) is 24.8 Å². The summed E-state index contributed by atoms with van der Waals surface area (Å²) in [4.78, 5) is 14.6. The predicted molar refractivity (Wildman–Crippen MR) is 109 cm³/mol. The number of ether oxygens (including phenoxy) is 1. The molecular weight excluding hydrogens is 338 g/mol. The molecule has 2 amide bonds. The van der Waals surface area contributed by atoms with E-state index in [1.165, 1.54) is 5.56 Å². The second kappa shape index (κ2) is 9.42. The molecule has 0 saturated carbocycles. The van der Waals surface area contributed by atoms with Crippen molar-refractivity contribution in [3.8, 4) is 5.75 Å². The van der Waals surface area contributed by atoms with Crippen LogP contribution in [0.5, 0.6) is 5.75 Å². The van der Waals surface area contributed by atoms with E-state index >= 15 is 0 Å². The minimum absolute atomic E-state index is 0.159. The molecule has 2 aromatic carbocycles. The third-order valence-electron chi connectivity index (χ3n) is 5.12. The molecule has 1 fully saturated rings. The summed E-state index contributed by atoms with van der Waals surface area (Å²) in [6.45, 7) is 7.62. The van der Waals surface area contributed by atoms with Crippen molar-refractivity contribution >= 4 is 11.7 Å². The van der Waals surface area contributed by atoms with Gasteiger partial charge < -0.3 is 15.4 Å². The van der Waals surface area contributed by atoms with Crippen LogP contribution in [0.15, 0.2) is 54.6 Å². The summed E-state index contributed by atoms with van der Waals surface area (Å²) in [5.74, 6) is 1.30. The van der Waals surface area contributed by atoms with E-state index in [4.69, 9.17) is 4.74 Å². The van der Waals surface area contributed by atoms with E-state index < -0.39 is 0 Å². The summed E-state index contributed by atoms with van der Waals surface area (Å²) < 4.78 is 5.41. The number of carbonyl (C=O) groups excluding carboxylic acids is 1. The van der Waals surface area contributed by atoms with Gasteiger partial charge in [0.1, 0.15) is 5.75 Å². The maximum atomic E-state index is 12.1. The van der Waals surface area contributed by atoms with Gasteiger partial charge in [0.15, 0.2) is 0 Å². The Labute approximate surface area is 161 Å². The number of carbonyl (C=O) groups is 1. The molecule has 2 atom stereocenters. The fourth-order valence-corrected chi connectivity index (χ4v) is 3.54. The van der Waals surface area contributed by atoms with Crippen LogP contribution >= 0.6 is 0 Å². The smallest absolute Gasteiger partial charge is 0.319 e. The summed E-state index contributed by atoms with van der Waals surface area (Å²) in [5.41, 5.74) is 2.11. The molecule has 0 spiro atoms. The van der Waals surface area contributed by atoms with Crippen LogP contribution in [0, 0.1) is 5.92 Å². The Morgan fingerprint density at radius 1 is 1.19 bits per heavy atom. The number of likely N-dealkylation sites (tertiary alicyclic amines) is 1. The van der Waals surface area contributed by atoms with Crippen LogP contribution in [0.4, 0.5) is 10.5 Å². The average molecular weight is 367 g/mol. The average Bonchev–Trinajstić information content (AvgIpc) is 3.17. The Bertz CT molecular complexity index is 718. The highest BCUT2D eigenvalue weighted by atomic mass is 16.5. The van der Waals surface area contributed by atoms with Gasteiger partial charge in [-0.3, -0.25) is 4.90 Å². The van der Waals surface area contributed by atoms with Crippen LogP contribution in [0.3, 0.4) is 0 Å². The number of anilines is 1. The lowest BCUT2D eigenvalue weighted by Gasteiger charge is -2.24. The number of nitrogens with zero attached hydrogens (tertiary/aromatic N) is 1. The minimum Gasteiger partial charge on any atom is -0.494 e. The highest BCUT2D eigenvalue weighted by molar-refractivity contribution is 5.89. The summed E-state index contributed by atoms with van der Waals surface area (Å²) in [7, 11) is 0. The van der Waals surface area contributed by atoms with Gasteiger partial charge in [-0.2, -0.15) is 0 Å². The van der Waals surface area contributed by atoms with Crippen molar-refractivity contribution in [1.82, 2.24) is 10.2 Å². The van der Waals surface area contributed by atoms with Gasteiger partial charge in [-0.05, 0) is 62.6 Å².